The smallest absolute Gasteiger partial charge is 0.0342 e. The molecule has 2 nitrogen and oxygen atoms in total. The van der Waals surface area contributed by atoms with Crippen LogP contribution in [-0.2, 0) is 0 Å². The van der Waals surface area contributed by atoms with Crippen molar-refractivity contribution in [2.75, 3.05) is 13.1 Å². The van der Waals surface area contributed by atoms with Crippen LogP contribution in [0.15, 0.2) is 36.9 Å². The number of piperidine rings is 1. The van der Waals surface area contributed by atoms with Gasteiger partial charge in [0.1, 0.15) is 0 Å². The molecule has 0 bridgehead atoms. The second-order valence-corrected chi connectivity index (χ2v) is 5.39. The van der Waals surface area contributed by atoms with E-state index < -0.39 is 0 Å². The Labute approximate surface area is 111 Å². The Morgan fingerprint density at radius 3 is 2.39 bits per heavy atom. The van der Waals surface area contributed by atoms with E-state index in [1.165, 1.54) is 31.5 Å². The Hall–Kier alpha value is -1.28. The number of rotatable bonds is 4. The van der Waals surface area contributed by atoms with Crippen LogP contribution in [0.1, 0.15) is 32.3 Å². The number of hydrogen-bond donors (Lipinski definition) is 1. The van der Waals surface area contributed by atoms with Crippen molar-refractivity contribution < 1.29 is 0 Å². The van der Waals surface area contributed by atoms with E-state index in [9.17, 15) is 0 Å². The molecule has 1 N–H and O–H groups in total. The van der Waals surface area contributed by atoms with Crippen LogP contribution < -0.4 is 5.32 Å². The zero-order valence-corrected chi connectivity index (χ0v) is 11.5. The standard InChI is InChI=1S/C16H24N2/c1-13(2)18-11-9-16(10-12-18)17-14(3)15-7-5-4-6-8-15/h4-8,13,16-17H,3,9-12H2,1-2H3. The summed E-state index contributed by atoms with van der Waals surface area (Å²) in [5.41, 5.74) is 2.25. The molecule has 1 heterocycles. The fraction of sp³-hybridized carbons (Fsp3) is 0.500. The molecular weight excluding hydrogens is 220 g/mol. The zero-order valence-electron chi connectivity index (χ0n) is 11.5. The fourth-order valence-electron chi connectivity index (χ4n) is 2.53. The van der Waals surface area contributed by atoms with Crippen molar-refractivity contribution in [1.29, 1.82) is 0 Å². The van der Waals surface area contributed by atoms with Crippen molar-refractivity contribution in [2.24, 2.45) is 0 Å². The van der Waals surface area contributed by atoms with Gasteiger partial charge in [-0.25, -0.2) is 0 Å². The maximum atomic E-state index is 4.15. The van der Waals surface area contributed by atoms with Crippen molar-refractivity contribution >= 4 is 5.70 Å². The van der Waals surface area contributed by atoms with Gasteiger partial charge in [0, 0.05) is 30.9 Å². The molecular formula is C16H24N2. The van der Waals surface area contributed by atoms with Crippen LogP contribution in [0.25, 0.3) is 5.70 Å². The molecule has 0 aliphatic carbocycles. The molecule has 0 saturated carbocycles. The van der Waals surface area contributed by atoms with Gasteiger partial charge in [-0.3, -0.25) is 0 Å². The predicted molar refractivity (Wildman–Crippen MR) is 78.3 cm³/mol. The van der Waals surface area contributed by atoms with Crippen LogP contribution in [0.2, 0.25) is 0 Å². The molecule has 1 aromatic carbocycles. The van der Waals surface area contributed by atoms with E-state index in [0.29, 0.717) is 12.1 Å². The predicted octanol–water partition coefficient (Wildman–Crippen LogP) is 3.12. The Morgan fingerprint density at radius 2 is 1.83 bits per heavy atom. The third-order valence-electron chi connectivity index (χ3n) is 3.76. The summed E-state index contributed by atoms with van der Waals surface area (Å²) in [5, 5.41) is 3.57. The maximum Gasteiger partial charge on any atom is 0.0342 e. The Morgan fingerprint density at radius 1 is 1.22 bits per heavy atom. The maximum absolute atomic E-state index is 4.15. The molecule has 0 radical (unpaired) electrons. The van der Waals surface area contributed by atoms with Gasteiger partial charge in [-0.1, -0.05) is 36.9 Å². The summed E-state index contributed by atoms with van der Waals surface area (Å²) in [6.45, 7) is 11.1. The summed E-state index contributed by atoms with van der Waals surface area (Å²) in [4.78, 5) is 2.55. The lowest BCUT2D eigenvalue weighted by Gasteiger charge is -2.35. The molecule has 18 heavy (non-hydrogen) atoms. The van der Waals surface area contributed by atoms with Gasteiger partial charge < -0.3 is 10.2 Å². The summed E-state index contributed by atoms with van der Waals surface area (Å²) in [7, 11) is 0. The SMILES string of the molecule is C=C(NC1CCN(C(C)C)CC1)c1ccccc1. The number of nitrogens with one attached hydrogen (secondary N) is 1. The van der Waals surface area contributed by atoms with E-state index in [4.69, 9.17) is 0 Å². The topological polar surface area (TPSA) is 15.3 Å². The van der Waals surface area contributed by atoms with Gasteiger partial charge in [-0.15, -0.1) is 0 Å². The first-order valence-electron chi connectivity index (χ1n) is 6.91. The number of hydrogen-bond acceptors (Lipinski definition) is 2. The van der Waals surface area contributed by atoms with Gasteiger partial charge in [0.25, 0.3) is 0 Å². The molecule has 1 aliphatic rings. The number of benzene rings is 1. The van der Waals surface area contributed by atoms with E-state index in [1.54, 1.807) is 0 Å². The third kappa shape index (κ3) is 3.36. The van der Waals surface area contributed by atoms with Crippen LogP contribution in [0, 0.1) is 0 Å². The van der Waals surface area contributed by atoms with Gasteiger partial charge in [-0.2, -0.15) is 0 Å². The van der Waals surface area contributed by atoms with Gasteiger partial charge in [0.15, 0.2) is 0 Å². The minimum Gasteiger partial charge on any atom is -0.382 e. The molecule has 0 amide bonds. The fourth-order valence-corrected chi connectivity index (χ4v) is 2.53. The Balaban J connectivity index is 1.83. The van der Waals surface area contributed by atoms with E-state index in [-0.39, 0.29) is 0 Å². The molecule has 1 fully saturated rings. The molecule has 2 heteroatoms. The average Bonchev–Trinajstić information content (AvgIpc) is 2.40. The molecule has 98 valence electrons. The van der Waals surface area contributed by atoms with E-state index in [1.807, 2.05) is 6.07 Å². The average molecular weight is 244 g/mol. The largest absolute Gasteiger partial charge is 0.382 e. The van der Waals surface area contributed by atoms with Crippen LogP contribution in [0.5, 0.6) is 0 Å². The molecule has 1 saturated heterocycles. The Bertz CT molecular complexity index is 375. The van der Waals surface area contributed by atoms with E-state index >= 15 is 0 Å². The van der Waals surface area contributed by atoms with Gasteiger partial charge in [-0.05, 0) is 32.3 Å². The highest BCUT2D eigenvalue weighted by atomic mass is 15.2. The van der Waals surface area contributed by atoms with Gasteiger partial charge in [0.05, 0.1) is 0 Å². The molecule has 1 aliphatic heterocycles. The van der Waals surface area contributed by atoms with Gasteiger partial charge >= 0.3 is 0 Å². The van der Waals surface area contributed by atoms with Crippen molar-refractivity contribution in [2.45, 2.75) is 38.8 Å². The summed E-state index contributed by atoms with van der Waals surface area (Å²) in [5.74, 6) is 0. The molecule has 0 atom stereocenters. The Kier molecular flexibility index (Phi) is 4.43. The first-order chi connectivity index (χ1) is 8.66. The zero-order chi connectivity index (χ0) is 13.0. The third-order valence-corrected chi connectivity index (χ3v) is 3.76. The summed E-state index contributed by atoms with van der Waals surface area (Å²) in [6, 6.07) is 11.6. The van der Waals surface area contributed by atoms with Crippen LogP contribution in [0.3, 0.4) is 0 Å². The lowest BCUT2D eigenvalue weighted by molar-refractivity contribution is 0.167. The summed E-state index contributed by atoms with van der Waals surface area (Å²) in [6.07, 6.45) is 2.42. The quantitative estimate of drug-likeness (QED) is 0.875. The summed E-state index contributed by atoms with van der Waals surface area (Å²) < 4.78 is 0. The lowest BCUT2D eigenvalue weighted by atomic mass is 10.0. The lowest BCUT2D eigenvalue weighted by Crippen LogP contribution is -2.44. The molecule has 2 rings (SSSR count). The number of likely N-dealkylation sites (tertiary alicyclic amines) is 1. The first kappa shape index (κ1) is 13.2. The normalized spacial score (nSPS) is 17.9. The second kappa shape index (κ2) is 6.05. The highest BCUT2D eigenvalue weighted by Crippen LogP contribution is 2.16. The highest BCUT2D eigenvalue weighted by molar-refractivity contribution is 5.61. The van der Waals surface area contributed by atoms with Crippen molar-refractivity contribution in [3.05, 3.63) is 42.5 Å². The van der Waals surface area contributed by atoms with E-state index in [2.05, 4.69) is 54.9 Å². The van der Waals surface area contributed by atoms with Crippen molar-refractivity contribution in [1.82, 2.24) is 10.2 Å². The van der Waals surface area contributed by atoms with Gasteiger partial charge in [0.2, 0.25) is 0 Å². The molecule has 1 aromatic rings. The molecule has 0 unspecified atom stereocenters. The van der Waals surface area contributed by atoms with Crippen molar-refractivity contribution in [3.8, 4) is 0 Å². The first-order valence-corrected chi connectivity index (χ1v) is 6.91. The highest BCUT2D eigenvalue weighted by Gasteiger charge is 2.20. The monoisotopic (exact) mass is 244 g/mol. The second-order valence-electron chi connectivity index (χ2n) is 5.39. The minimum atomic E-state index is 0.577. The van der Waals surface area contributed by atoms with Crippen LogP contribution in [0.4, 0.5) is 0 Å². The molecule has 0 spiro atoms. The molecule has 0 aromatic heterocycles. The summed E-state index contributed by atoms with van der Waals surface area (Å²) >= 11 is 0. The van der Waals surface area contributed by atoms with E-state index in [0.717, 1.165) is 5.70 Å². The van der Waals surface area contributed by atoms with Crippen LogP contribution >= 0.6 is 0 Å². The van der Waals surface area contributed by atoms with Crippen LogP contribution in [-0.4, -0.2) is 30.1 Å². The van der Waals surface area contributed by atoms with Crippen molar-refractivity contribution in [3.63, 3.8) is 0 Å². The minimum absolute atomic E-state index is 0.577. The number of nitrogens with zero attached hydrogens (tertiary/aromatic N) is 1.